The number of methoxy groups -OCH3 is 1. The van der Waals surface area contributed by atoms with Crippen LogP contribution in [-0.2, 0) is 11.3 Å². The normalized spacial score (nSPS) is 10.6. The number of nitrogens with two attached hydrogens (primary N) is 1. The fourth-order valence-electron chi connectivity index (χ4n) is 1.95. The number of carbonyl (C=O) groups excluding carboxylic acids is 1. The van der Waals surface area contributed by atoms with E-state index in [9.17, 15) is 4.79 Å². The van der Waals surface area contributed by atoms with Crippen molar-refractivity contribution in [3.05, 3.63) is 23.8 Å². The Morgan fingerprint density at radius 3 is 2.64 bits per heavy atom. The molecule has 0 aliphatic carbocycles. The van der Waals surface area contributed by atoms with Gasteiger partial charge in [-0.15, -0.1) is 24.0 Å². The van der Waals surface area contributed by atoms with Crippen molar-refractivity contribution < 1.29 is 14.3 Å². The summed E-state index contributed by atoms with van der Waals surface area (Å²) in [5.74, 6) is 1.34. The van der Waals surface area contributed by atoms with Gasteiger partial charge in [0, 0.05) is 13.1 Å². The average Bonchev–Trinajstić information content (AvgIpc) is 2.59. The molecule has 0 saturated heterocycles. The quantitative estimate of drug-likeness (QED) is 0.213. The monoisotopic (exact) mass is 464 g/mol. The molecule has 0 spiro atoms. The predicted octanol–water partition coefficient (Wildman–Crippen LogP) is 2.03. The highest BCUT2D eigenvalue weighted by Crippen LogP contribution is 2.28. The van der Waals surface area contributed by atoms with Crippen molar-refractivity contribution in [3.63, 3.8) is 0 Å². The molecule has 1 rings (SSSR count). The molecule has 8 heteroatoms. The molecule has 4 N–H and O–H groups in total. The van der Waals surface area contributed by atoms with Crippen molar-refractivity contribution in [2.24, 2.45) is 10.7 Å². The zero-order valence-electron chi connectivity index (χ0n) is 15.1. The predicted molar refractivity (Wildman–Crippen MR) is 111 cm³/mol. The summed E-state index contributed by atoms with van der Waals surface area (Å²) >= 11 is 0. The molecule has 0 bridgehead atoms. The molecule has 1 aromatic rings. The van der Waals surface area contributed by atoms with Crippen molar-refractivity contribution in [1.29, 1.82) is 0 Å². The fourth-order valence-corrected chi connectivity index (χ4v) is 1.95. The smallest absolute Gasteiger partial charge is 0.257 e. The molecule has 0 heterocycles. The van der Waals surface area contributed by atoms with Crippen LogP contribution < -0.4 is 25.8 Å². The Kier molecular flexibility index (Phi) is 12.6. The lowest BCUT2D eigenvalue weighted by Crippen LogP contribution is -2.32. The second kappa shape index (κ2) is 13.6. The minimum Gasteiger partial charge on any atom is -0.493 e. The first kappa shape index (κ1) is 23.3. The number of rotatable bonds is 10. The summed E-state index contributed by atoms with van der Waals surface area (Å²) in [6, 6.07) is 5.47. The molecule has 1 aromatic carbocycles. The molecular formula is C17H29IN4O3. The van der Waals surface area contributed by atoms with Crippen molar-refractivity contribution in [3.8, 4) is 11.5 Å². The van der Waals surface area contributed by atoms with E-state index in [1.54, 1.807) is 13.2 Å². The molecule has 0 aliphatic heterocycles. The minimum atomic E-state index is -0.167. The lowest BCUT2D eigenvalue weighted by Gasteiger charge is -2.11. The van der Waals surface area contributed by atoms with Crippen LogP contribution in [-0.4, -0.2) is 38.7 Å². The van der Waals surface area contributed by atoms with E-state index >= 15 is 0 Å². The Morgan fingerprint density at radius 1 is 1.24 bits per heavy atom. The van der Waals surface area contributed by atoms with Gasteiger partial charge in [-0.2, -0.15) is 0 Å². The molecule has 1 amide bonds. The molecule has 0 aliphatic rings. The van der Waals surface area contributed by atoms with Crippen LogP contribution in [0.4, 0.5) is 0 Å². The lowest BCUT2D eigenvalue weighted by molar-refractivity contribution is -0.123. The maximum Gasteiger partial charge on any atom is 0.257 e. The zero-order chi connectivity index (χ0) is 17.8. The van der Waals surface area contributed by atoms with Gasteiger partial charge in [0.1, 0.15) is 0 Å². The molecule has 0 radical (unpaired) electrons. The zero-order valence-corrected chi connectivity index (χ0v) is 17.5. The van der Waals surface area contributed by atoms with E-state index in [1.165, 1.54) is 0 Å². The highest BCUT2D eigenvalue weighted by Gasteiger charge is 2.08. The van der Waals surface area contributed by atoms with Crippen LogP contribution in [0.2, 0.25) is 0 Å². The Hall–Kier alpha value is -1.71. The van der Waals surface area contributed by atoms with Gasteiger partial charge in [0.05, 0.1) is 13.7 Å². The summed E-state index contributed by atoms with van der Waals surface area (Å²) in [7, 11) is 1.56. The van der Waals surface area contributed by atoms with E-state index in [2.05, 4.69) is 22.5 Å². The van der Waals surface area contributed by atoms with E-state index in [1.807, 2.05) is 19.1 Å². The van der Waals surface area contributed by atoms with E-state index in [0.29, 0.717) is 30.5 Å². The van der Waals surface area contributed by atoms with Crippen molar-refractivity contribution in [1.82, 2.24) is 10.6 Å². The largest absolute Gasteiger partial charge is 0.493 e. The van der Waals surface area contributed by atoms with Gasteiger partial charge in [0.15, 0.2) is 24.1 Å². The first-order valence-electron chi connectivity index (χ1n) is 8.20. The number of likely N-dealkylation sites (N-methyl/N-ethyl adjacent to an activating group) is 1. The Bertz CT molecular complexity index is 553. The van der Waals surface area contributed by atoms with Gasteiger partial charge >= 0.3 is 0 Å². The number of guanidine groups is 1. The summed E-state index contributed by atoms with van der Waals surface area (Å²) in [5, 5.41) is 5.74. The number of amides is 1. The Morgan fingerprint density at radius 2 is 2.00 bits per heavy atom. The van der Waals surface area contributed by atoms with Gasteiger partial charge < -0.3 is 25.8 Å². The molecule has 25 heavy (non-hydrogen) atoms. The molecule has 142 valence electrons. The van der Waals surface area contributed by atoms with Crippen LogP contribution >= 0.6 is 24.0 Å². The van der Waals surface area contributed by atoms with E-state index in [-0.39, 0.29) is 36.5 Å². The average molecular weight is 464 g/mol. The Labute approximate surface area is 166 Å². The molecular weight excluding hydrogens is 435 g/mol. The van der Waals surface area contributed by atoms with Gasteiger partial charge in [-0.3, -0.25) is 4.79 Å². The van der Waals surface area contributed by atoms with Crippen molar-refractivity contribution in [2.45, 2.75) is 33.2 Å². The summed E-state index contributed by atoms with van der Waals surface area (Å²) in [6.07, 6.45) is 2.16. The van der Waals surface area contributed by atoms with Crippen molar-refractivity contribution >= 4 is 35.8 Å². The van der Waals surface area contributed by atoms with Gasteiger partial charge in [-0.05, 0) is 31.0 Å². The van der Waals surface area contributed by atoms with Gasteiger partial charge in [-0.1, -0.05) is 19.4 Å². The molecule has 0 fully saturated rings. The number of hydrogen-bond acceptors (Lipinski definition) is 4. The lowest BCUT2D eigenvalue weighted by atomic mass is 10.2. The molecule has 7 nitrogen and oxygen atoms in total. The number of carbonyl (C=O) groups is 1. The number of halogens is 1. The van der Waals surface area contributed by atoms with Crippen LogP contribution in [0.5, 0.6) is 11.5 Å². The van der Waals surface area contributed by atoms with E-state index in [4.69, 9.17) is 15.2 Å². The van der Waals surface area contributed by atoms with Gasteiger partial charge in [-0.25, -0.2) is 4.99 Å². The number of benzene rings is 1. The third-order valence-corrected chi connectivity index (χ3v) is 3.23. The van der Waals surface area contributed by atoms with Crippen LogP contribution in [0.1, 0.15) is 32.3 Å². The Balaban J connectivity index is 0.00000576. The number of unbranched alkanes of at least 4 members (excludes halogenated alkanes) is 1. The first-order valence-corrected chi connectivity index (χ1v) is 8.20. The summed E-state index contributed by atoms with van der Waals surface area (Å²) in [5.41, 5.74) is 6.75. The minimum absolute atomic E-state index is 0. The van der Waals surface area contributed by atoms with Gasteiger partial charge in [0.25, 0.3) is 5.91 Å². The second-order valence-electron chi connectivity index (χ2n) is 5.21. The van der Waals surface area contributed by atoms with Crippen LogP contribution in [0.25, 0.3) is 0 Å². The fraction of sp³-hybridized carbons (Fsp3) is 0.529. The molecule has 0 aromatic heterocycles. The second-order valence-corrected chi connectivity index (χ2v) is 5.21. The third kappa shape index (κ3) is 9.37. The number of aliphatic imine (C=N–C) groups is 1. The SMILES string of the molecule is CCCCNC(N)=NCc1ccc(OCC(=O)NCC)c(OC)c1.I. The van der Waals surface area contributed by atoms with E-state index in [0.717, 1.165) is 24.9 Å². The standard InChI is InChI=1S/C17H28N4O3.HI/c1-4-6-9-20-17(18)21-11-13-7-8-14(15(10-13)23-3)24-12-16(22)19-5-2;/h7-8,10H,4-6,9,11-12H2,1-3H3,(H,19,22)(H3,18,20,21);1H. The number of ether oxygens (including phenoxy) is 2. The number of nitrogens with zero attached hydrogens (tertiary/aromatic N) is 1. The van der Waals surface area contributed by atoms with Gasteiger partial charge in [0.2, 0.25) is 0 Å². The summed E-state index contributed by atoms with van der Waals surface area (Å²) in [6.45, 7) is 5.77. The molecule has 0 atom stereocenters. The molecule has 0 saturated carbocycles. The van der Waals surface area contributed by atoms with Crippen LogP contribution in [0.15, 0.2) is 23.2 Å². The maximum atomic E-state index is 11.5. The topological polar surface area (TPSA) is 98.0 Å². The first-order chi connectivity index (χ1) is 11.6. The summed E-state index contributed by atoms with van der Waals surface area (Å²) in [4.78, 5) is 15.7. The molecule has 0 unspecified atom stereocenters. The highest BCUT2D eigenvalue weighted by molar-refractivity contribution is 14.0. The van der Waals surface area contributed by atoms with Crippen LogP contribution in [0.3, 0.4) is 0 Å². The third-order valence-electron chi connectivity index (χ3n) is 3.23. The highest BCUT2D eigenvalue weighted by atomic mass is 127. The van der Waals surface area contributed by atoms with Crippen molar-refractivity contribution in [2.75, 3.05) is 26.8 Å². The summed E-state index contributed by atoms with van der Waals surface area (Å²) < 4.78 is 10.8. The number of nitrogens with one attached hydrogen (secondary N) is 2. The number of hydrogen-bond donors (Lipinski definition) is 3. The maximum absolute atomic E-state index is 11.5. The van der Waals surface area contributed by atoms with Crippen LogP contribution in [0, 0.1) is 0 Å². The van der Waals surface area contributed by atoms with E-state index < -0.39 is 0 Å².